The maximum Gasteiger partial charge on any atom is 0.237 e. The normalized spacial score (nSPS) is 26.4. The smallest absolute Gasteiger partial charge is 0.237 e. The van der Waals surface area contributed by atoms with Crippen molar-refractivity contribution < 1.29 is 24.1 Å². The van der Waals surface area contributed by atoms with Gasteiger partial charge in [0, 0.05) is 0 Å². The predicted molar refractivity (Wildman–Crippen MR) is 91.9 cm³/mol. The predicted octanol–water partition coefficient (Wildman–Crippen LogP) is -1.78. The Kier molecular flexibility index (Phi) is 5.79. The minimum atomic E-state index is -1.20. The topological polar surface area (TPSA) is 174 Å². The van der Waals surface area contributed by atoms with E-state index in [-0.39, 0.29) is 18.7 Å². The molecule has 7 N–H and O–H groups in total. The Morgan fingerprint density at radius 2 is 2.22 bits per heavy atom. The SMILES string of the molecule is Nc1ncnc2c1ncn2[C@@H]1O[C@H](CO)C(O)C1NC(=O)C(N)CCCF. The van der Waals surface area contributed by atoms with Crippen molar-refractivity contribution >= 4 is 22.9 Å². The third-order valence-corrected chi connectivity index (χ3v) is 4.51. The van der Waals surface area contributed by atoms with Gasteiger partial charge in [0.15, 0.2) is 17.7 Å². The van der Waals surface area contributed by atoms with Gasteiger partial charge in [0.25, 0.3) is 0 Å². The summed E-state index contributed by atoms with van der Waals surface area (Å²) in [6, 6.07) is -1.86. The maximum atomic E-state index is 12.3. The summed E-state index contributed by atoms with van der Waals surface area (Å²) in [4.78, 5) is 24.4. The lowest BCUT2D eigenvalue weighted by Crippen LogP contribution is -2.51. The molecule has 3 rings (SSSR count). The summed E-state index contributed by atoms with van der Waals surface area (Å²) in [5, 5.41) is 22.5. The van der Waals surface area contributed by atoms with Gasteiger partial charge in [-0.2, -0.15) is 0 Å². The number of amides is 1. The minimum Gasteiger partial charge on any atom is -0.394 e. The van der Waals surface area contributed by atoms with Gasteiger partial charge in [0.05, 0.1) is 25.7 Å². The quantitative estimate of drug-likeness (QED) is 0.370. The molecule has 1 saturated heterocycles. The molecule has 3 heterocycles. The zero-order chi connectivity index (χ0) is 19.6. The van der Waals surface area contributed by atoms with E-state index in [1.54, 1.807) is 0 Å². The van der Waals surface area contributed by atoms with E-state index in [1.807, 2.05) is 0 Å². The molecule has 0 aliphatic carbocycles. The first-order valence-corrected chi connectivity index (χ1v) is 8.47. The van der Waals surface area contributed by atoms with E-state index in [9.17, 15) is 19.4 Å². The minimum absolute atomic E-state index is 0.156. The summed E-state index contributed by atoms with van der Waals surface area (Å²) < 4.78 is 19.5. The number of nitrogens with one attached hydrogen (secondary N) is 1. The molecule has 2 aromatic heterocycles. The monoisotopic (exact) mass is 383 g/mol. The Balaban J connectivity index is 1.87. The number of halogens is 1. The fourth-order valence-corrected chi connectivity index (χ4v) is 3.05. The molecule has 3 unspecified atom stereocenters. The molecule has 0 spiro atoms. The van der Waals surface area contributed by atoms with Crippen LogP contribution >= 0.6 is 0 Å². The maximum absolute atomic E-state index is 12.3. The highest BCUT2D eigenvalue weighted by atomic mass is 19.1. The number of alkyl halides is 1. The van der Waals surface area contributed by atoms with Crippen LogP contribution in [0.1, 0.15) is 19.1 Å². The number of carbonyl (C=O) groups excluding carboxylic acids is 1. The summed E-state index contributed by atoms with van der Waals surface area (Å²) in [5.74, 6) is -0.386. The number of carbonyl (C=O) groups is 1. The molecule has 148 valence electrons. The lowest BCUT2D eigenvalue weighted by Gasteiger charge is -2.24. The summed E-state index contributed by atoms with van der Waals surface area (Å²) >= 11 is 0. The number of nitrogens with two attached hydrogens (primary N) is 2. The molecule has 5 atom stereocenters. The van der Waals surface area contributed by atoms with Gasteiger partial charge in [-0.1, -0.05) is 0 Å². The molecule has 11 nitrogen and oxygen atoms in total. The van der Waals surface area contributed by atoms with E-state index in [0.717, 1.165) is 0 Å². The Hall–Kier alpha value is -2.41. The third-order valence-electron chi connectivity index (χ3n) is 4.51. The number of aliphatic hydroxyl groups is 2. The number of rotatable bonds is 7. The molecule has 2 aromatic rings. The zero-order valence-corrected chi connectivity index (χ0v) is 14.4. The Bertz CT molecular complexity index is 804. The summed E-state index contributed by atoms with van der Waals surface area (Å²) in [6.07, 6.45) is -0.0664. The number of nitrogen functional groups attached to an aromatic ring is 1. The van der Waals surface area contributed by atoms with Gasteiger partial charge >= 0.3 is 0 Å². The second-order valence-electron chi connectivity index (χ2n) is 6.29. The fourth-order valence-electron chi connectivity index (χ4n) is 3.05. The van der Waals surface area contributed by atoms with E-state index in [0.29, 0.717) is 11.2 Å². The molecular formula is C15H22FN7O4. The van der Waals surface area contributed by atoms with Gasteiger partial charge in [-0.25, -0.2) is 15.0 Å². The molecule has 0 saturated carbocycles. The van der Waals surface area contributed by atoms with Crippen molar-refractivity contribution in [3.8, 4) is 0 Å². The van der Waals surface area contributed by atoms with Crippen LogP contribution in [-0.2, 0) is 9.53 Å². The molecule has 12 heteroatoms. The lowest BCUT2D eigenvalue weighted by atomic mass is 10.1. The number of aromatic nitrogens is 4. The van der Waals surface area contributed by atoms with Gasteiger partial charge in [0.1, 0.15) is 30.1 Å². The van der Waals surface area contributed by atoms with Crippen molar-refractivity contribution in [2.75, 3.05) is 19.0 Å². The molecule has 0 radical (unpaired) electrons. The van der Waals surface area contributed by atoms with Gasteiger partial charge in [-0.05, 0) is 12.8 Å². The van der Waals surface area contributed by atoms with Crippen LogP contribution in [0, 0.1) is 0 Å². The number of hydrogen-bond donors (Lipinski definition) is 5. The largest absolute Gasteiger partial charge is 0.394 e. The summed E-state index contributed by atoms with van der Waals surface area (Å²) in [7, 11) is 0. The number of aliphatic hydroxyl groups excluding tert-OH is 2. The van der Waals surface area contributed by atoms with Gasteiger partial charge in [-0.3, -0.25) is 13.8 Å². The van der Waals surface area contributed by atoms with E-state index < -0.39 is 49.7 Å². The Morgan fingerprint density at radius 3 is 2.93 bits per heavy atom. The molecule has 1 amide bonds. The first-order valence-electron chi connectivity index (χ1n) is 8.47. The van der Waals surface area contributed by atoms with Crippen molar-refractivity contribution in [2.24, 2.45) is 5.73 Å². The van der Waals surface area contributed by atoms with Crippen LogP contribution in [0.25, 0.3) is 11.2 Å². The average Bonchev–Trinajstić information content (AvgIpc) is 3.22. The number of anilines is 1. The van der Waals surface area contributed by atoms with Crippen LogP contribution in [0.3, 0.4) is 0 Å². The number of fused-ring (bicyclic) bond motifs is 1. The van der Waals surface area contributed by atoms with Crippen LogP contribution in [0.15, 0.2) is 12.7 Å². The Labute approximate surface area is 153 Å². The van der Waals surface area contributed by atoms with Crippen LogP contribution in [0.4, 0.5) is 10.2 Å². The van der Waals surface area contributed by atoms with Crippen molar-refractivity contribution in [1.82, 2.24) is 24.8 Å². The molecule has 1 aliphatic rings. The molecule has 1 aliphatic heterocycles. The standard InChI is InChI=1S/C15H22FN7O4/c16-3-1-2-7(17)14(26)22-9-11(25)8(4-24)27-15(9)23-6-21-10-12(18)19-5-20-13(10)23/h5-9,11,15,24-25H,1-4,17H2,(H,22,26)(H2,18,19,20)/t7?,8-,9?,11?,15-/m1/s1. The van der Waals surface area contributed by atoms with Crippen LogP contribution in [0.2, 0.25) is 0 Å². The van der Waals surface area contributed by atoms with Gasteiger partial charge in [0.2, 0.25) is 5.91 Å². The fraction of sp³-hybridized carbons (Fsp3) is 0.600. The van der Waals surface area contributed by atoms with Crippen molar-refractivity contribution in [3.05, 3.63) is 12.7 Å². The van der Waals surface area contributed by atoms with Gasteiger partial charge in [-0.15, -0.1) is 0 Å². The zero-order valence-electron chi connectivity index (χ0n) is 14.4. The highest BCUT2D eigenvalue weighted by Gasteiger charge is 2.46. The van der Waals surface area contributed by atoms with Gasteiger partial charge < -0.3 is 31.7 Å². The Morgan fingerprint density at radius 1 is 1.44 bits per heavy atom. The van der Waals surface area contributed by atoms with Crippen molar-refractivity contribution in [2.45, 2.75) is 43.4 Å². The van der Waals surface area contributed by atoms with Crippen LogP contribution < -0.4 is 16.8 Å². The molecule has 1 fully saturated rings. The van der Waals surface area contributed by atoms with E-state index >= 15 is 0 Å². The number of ether oxygens (including phenoxy) is 1. The average molecular weight is 383 g/mol. The van der Waals surface area contributed by atoms with Crippen molar-refractivity contribution in [3.63, 3.8) is 0 Å². The van der Waals surface area contributed by atoms with Crippen molar-refractivity contribution in [1.29, 1.82) is 0 Å². The first-order chi connectivity index (χ1) is 13.0. The van der Waals surface area contributed by atoms with Crippen LogP contribution in [-0.4, -0.2) is 73.2 Å². The summed E-state index contributed by atoms with van der Waals surface area (Å²) in [5.41, 5.74) is 12.2. The number of nitrogens with zero attached hydrogens (tertiary/aromatic N) is 4. The van der Waals surface area contributed by atoms with Crippen LogP contribution in [0.5, 0.6) is 0 Å². The molecule has 0 aromatic carbocycles. The first kappa shape index (κ1) is 19.4. The molecule has 0 bridgehead atoms. The molecular weight excluding hydrogens is 361 g/mol. The second kappa shape index (κ2) is 8.08. The van der Waals surface area contributed by atoms with E-state index in [4.69, 9.17) is 16.2 Å². The number of imidazole rings is 1. The highest BCUT2D eigenvalue weighted by Crippen LogP contribution is 2.32. The summed E-state index contributed by atoms with van der Waals surface area (Å²) in [6.45, 7) is -1.03. The second-order valence-corrected chi connectivity index (χ2v) is 6.29. The van der Waals surface area contributed by atoms with E-state index in [1.165, 1.54) is 17.2 Å². The van der Waals surface area contributed by atoms with E-state index in [2.05, 4.69) is 20.3 Å². The third kappa shape index (κ3) is 3.69. The highest BCUT2D eigenvalue weighted by molar-refractivity contribution is 5.82. The lowest BCUT2D eigenvalue weighted by molar-refractivity contribution is -0.124. The molecule has 27 heavy (non-hydrogen) atoms. The number of hydrogen-bond acceptors (Lipinski definition) is 9.